The maximum absolute atomic E-state index is 12.3. The highest BCUT2D eigenvalue weighted by atomic mass is 35.5. The van der Waals surface area contributed by atoms with Crippen molar-refractivity contribution >= 4 is 28.7 Å². The number of carbonyl (C=O) groups excluding carboxylic acids is 1. The van der Waals surface area contributed by atoms with Gasteiger partial charge in [-0.2, -0.15) is 0 Å². The molecule has 0 aliphatic carbocycles. The van der Waals surface area contributed by atoms with Crippen LogP contribution in [0.3, 0.4) is 0 Å². The van der Waals surface area contributed by atoms with Crippen molar-refractivity contribution in [1.82, 2.24) is 9.55 Å². The molecule has 0 fully saturated rings. The summed E-state index contributed by atoms with van der Waals surface area (Å²) in [7, 11) is 1.57. The number of alkyl halides is 1. The third kappa shape index (κ3) is 2.88. The minimum Gasteiger partial charge on any atom is -0.497 e. The van der Waals surface area contributed by atoms with E-state index in [1.807, 2.05) is 20.8 Å². The predicted octanol–water partition coefficient (Wildman–Crippen LogP) is 3.57. The molecule has 0 aliphatic rings. The molecule has 1 aromatic carbocycles. The van der Waals surface area contributed by atoms with Crippen LogP contribution < -0.4 is 4.74 Å². The summed E-state index contributed by atoms with van der Waals surface area (Å²) in [6.45, 7) is 5.43. The number of benzene rings is 1. The maximum atomic E-state index is 12.3. The predicted molar refractivity (Wildman–Crippen MR) is 77.5 cm³/mol. The average Bonchev–Trinajstić information content (AvgIpc) is 2.73. The Bertz CT molecular complexity index is 644. The van der Waals surface area contributed by atoms with Crippen LogP contribution in [0.25, 0.3) is 11.0 Å². The largest absolute Gasteiger partial charge is 0.497 e. The molecule has 0 saturated carbocycles. The average molecular weight is 297 g/mol. The lowest BCUT2D eigenvalue weighted by Gasteiger charge is -2.20. The molecule has 0 spiro atoms. The number of methoxy groups -OCH3 is 1. The van der Waals surface area contributed by atoms with E-state index >= 15 is 0 Å². The molecular weight excluding hydrogens is 280 g/mol. The Labute approximate surface area is 122 Å². The van der Waals surface area contributed by atoms with Gasteiger partial charge in [-0.05, 0) is 32.9 Å². The van der Waals surface area contributed by atoms with Crippen molar-refractivity contribution in [3.8, 4) is 5.75 Å². The minimum absolute atomic E-state index is 0.121. The highest BCUT2D eigenvalue weighted by Crippen LogP contribution is 2.24. The molecule has 108 valence electrons. The van der Waals surface area contributed by atoms with E-state index in [4.69, 9.17) is 21.1 Å². The second kappa shape index (κ2) is 5.32. The van der Waals surface area contributed by atoms with Gasteiger partial charge in [-0.25, -0.2) is 14.3 Å². The van der Waals surface area contributed by atoms with Gasteiger partial charge in [0.15, 0.2) is 0 Å². The summed E-state index contributed by atoms with van der Waals surface area (Å²) in [6, 6.07) is 5.31. The fourth-order valence-electron chi connectivity index (χ4n) is 1.83. The number of carbonyl (C=O) groups is 1. The molecule has 1 aromatic heterocycles. The van der Waals surface area contributed by atoms with Gasteiger partial charge in [0.05, 0.1) is 24.0 Å². The molecule has 0 bridgehead atoms. The summed E-state index contributed by atoms with van der Waals surface area (Å²) in [5, 5.41) is 0. The van der Waals surface area contributed by atoms with Crippen LogP contribution in [0.5, 0.6) is 5.75 Å². The molecule has 0 atom stereocenters. The molecule has 5 nitrogen and oxygen atoms in total. The third-order valence-electron chi connectivity index (χ3n) is 2.63. The van der Waals surface area contributed by atoms with Gasteiger partial charge in [-0.1, -0.05) is 0 Å². The van der Waals surface area contributed by atoms with E-state index < -0.39 is 11.7 Å². The first kappa shape index (κ1) is 14.7. The molecule has 0 amide bonds. The normalized spacial score (nSPS) is 11.7. The van der Waals surface area contributed by atoms with Gasteiger partial charge in [0.25, 0.3) is 0 Å². The highest BCUT2D eigenvalue weighted by molar-refractivity contribution is 6.17. The number of ether oxygens (including phenoxy) is 2. The number of halogens is 1. The van der Waals surface area contributed by atoms with Gasteiger partial charge in [0, 0.05) is 6.07 Å². The topological polar surface area (TPSA) is 53.4 Å². The Morgan fingerprint density at radius 1 is 1.40 bits per heavy atom. The Morgan fingerprint density at radius 2 is 2.10 bits per heavy atom. The van der Waals surface area contributed by atoms with Gasteiger partial charge in [0.1, 0.15) is 17.2 Å². The van der Waals surface area contributed by atoms with Crippen LogP contribution in [0, 0.1) is 0 Å². The molecule has 1 heterocycles. The number of aromatic nitrogens is 2. The molecule has 0 N–H and O–H groups in total. The lowest BCUT2D eigenvalue weighted by molar-refractivity contribution is 0.0540. The van der Waals surface area contributed by atoms with E-state index in [-0.39, 0.29) is 5.88 Å². The summed E-state index contributed by atoms with van der Waals surface area (Å²) in [5.74, 6) is 1.21. The number of rotatable bonds is 2. The molecular formula is C14H17ClN2O3. The van der Waals surface area contributed by atoms with Crippen LogP contribution in [0.2, 0.25) is 0 Å². The Balaban J connectivity index is 2.56. The van der Waals surface area contributed by atoms with Crippen LogP contribution in [-0.4, -0.2) is 28.4 Å². The first-order chi connectivity index (χ1) is 9.35. The molecule has 20 heavy (non-hydrogen) atoms. The van der Waals surface area contributed by atoms with Crippen molar-refractivity contribution in [3.63, 3.8) is 0 Å². The first-order valence-corrected chi connectivity index (χ1v) is 6.74. The van der Waals surface area contributed by atoms with Crippen LogP contribution in [0.4, 0.5) is 4.79 Å². The monoisotopic (exact) mass is 296 g/mol. The van der Waals surface area contributed by atoms with Crippen molar-refractivity contribution in [1.29, 1.82) is 0 Å². The van der Waals surface area contributed by atoms with E-state index in [0.717, 1.165) is 0 Å². The molecule has 0 unspecified atom stereocenters. The van der Waals surface area contributed by atoms with E-state index in [9.17, 15) is 4.79 Å². The van der Waals surface area contributed by atoms with Gasteiger partial charge < -0.3 is 9.47 Å². The van der Waals surface area contributed by atoms with Crippen LogP contribution in [0.15, 0.2) is 18.2 Å². The van der Waals surface area contributed by atoms with Gasteiger partial charge in [-0.15, -0.1) is 11.6 Å². The first-order valence-electron chi connectivity index (χ1n) is 6.20. The van der Waals surface area contributed by atoms with Crippen molar-refractivity contribution in [2.45, 2.75) is 32.3 Å². The molecule has 0 saturated heterocycles. The number of hydrogen-bond acceptors (Lipinski definition) is 4. The zero-order valence-electron chi connectivity index (χ0n) is 11.9. The number of nitrogens with zero attached hydrogens (tertiary/aromatic N) is 2. The summed E-state index contributed by atoms with van der Waals surface area (Å²) >= 11 is 5.87. The second-order valence-electron chi connectivity index (χ2n) is 5.33. The Kier molecular flexibility index (Phi) is 3.90. The smallest absolute Gasteiger partial charge is 0.420 e. The highest BCUT2D eigenvalue weighted by Gasteiger charge is 2.23. The summed E-state index contributed by atoms with van der Waals surface area (Å²) < 4.78 is 12.0. The van der Waals surface area contributed by atoms with Crippen LogP contribution in [0.1, 0.15) is 26.6 Å². The maximum Gasteiger partial charge on any atom is 0.420 e. The fraction of sp³-hybridized carbons (Fsp3) is 0.429. The van der Waals surface area contributed by atoms with Crippen LogP contribution >= 0.6 is 11.6 Å². The lowest BCUT2D eigenvalue weighted by Crippen LogP contribution is -2.28. The molecule has 2 aromatic rings. The Morgan fingerprint density at radius 3 is 2.65 bits per heavy atom. The number of imidazole rings is 1. The third-order valence-corrected chi connectivity index (χ3v) is 2.87. The van der Waals surface area contributed by atoms with Crippen molar-refractivity contribution < 1.29 is 14.3 Å². The second-order valence-corrected chi connectivity index (χ2v) is 5.60. The molecule has 2 rings (SSSR count). The van der Waals surface area contributed by atoms with E-state index in [1.54, 1.807) is 25.3 Å². The van der Waals surface area contributed by atoms with Crippen LogP contribution in [-0.2, 0) is 10.6 Å². The fourth-order valence-corrected chi connectivity index (χ4v) is 2.01. The molecule has 6 heteroatoms. The van der Waals surface area contributed by atoms with E-state index in [0.29, 0.717) is 22.6 Å². The number of fused-ring (bicyclic) bond motifs is 1. The summed E-state index contributed by atoms with van der Waals surface area (Å²) in [6.07, 6.45) is -0.496. The quantitative estimate of drug-likeness (QED) is 0.795. The Hall–Kier alpha value is -1.75. The van der Waals surface area contributed by atoms with E-state index in [2.05, 4.69) is 4.98 Å². The van der Waals surface area contributed by atoms with Gasteiger partial charge in [0.2, 0.25) is 0 Å². The van der Waals surface area contributed by atoms with Gasteiger partial charge >= 0.3 is 6.09 Å². The SMILES string of the molecule is COc1ccc2nc(CCl)n(C(=O)OC(C)(C)C)c2c1. The molecule has 0 aliphatic heterocycles. The van der Waals surface area contributed by atoms with Crippen molar-refractivity contribution in [3.05, 3.63) is 24.0 Å². The zero-order valence-corrected chi connectivity index (χ0v) is 12.7. The zero-order chi connectivity index (χ0) is 14.9. The molecule has 0 radical (unpaired) electrons. The lowest BCUT2D eigenvalue weighted by atomic mass is 10.2. The standard InChI is InChI=1S/C14H17ClN2O3/c1-14(2,3)20-13(18)17-11-7-9(19-4)5-6-10(11)16-12(17)8-15/h5-7H,8H2,1-4H3. The summed E-state index contributed by atoms with van der Waals surface area (Å²) in [5.41, 5.74) is 0.706. The number of hydrogen-bond donors (Lipinski definition) is 0. The van der Waals surface area contributed by atoms with Crippen molar-refractivity contribution in [2.24, 2.45) is 0 Å². The summed E-state index contributed by atoms with van der Waals surface area (Å²) in [4.78, 5) is 16.6. The van der Waals surface area contributed by atoms with Crippen molar-refractivity contribution in [2.75, 3.05) is 7.11 Å². The van der Waals surface area contributed by atoms with E-state index in [1.165, 1.54) is 4.57 Å². The minimum atomic E-state index is -0.587. The van der Waals surface area contributed by atoms with Gasteiger partial charge in [-0.3, -0.25) is 0 Å².